The van der Waals surface area contributed by atoms with Crippen molar-refractivity contribution < 1.29 is 4.74 Å². The smallest absolute Gasteiger partial charge is 0.233 e. The maximum Gasteiger partial charge on any atom is 0.233 e. The average molecular weight is 533 g/mol. The number of rotatable bonds is 10. The van der Waals surface area contributed by atoms with Gasteiger partial charge in [0.2, 0.25) is 17.8 Å². The predicted molar refractivity (Wildman–Crippen MR) is 142 cm³/mol. The molecule has 0 bridgehead atoms. The molecule has 1 aromatic carbocycles. The van der Waals surface area contributed by atoms with E-state index in [-0.39, 0.29) is 0 Å². The first kappa shape index (κ1) is 25.0. The summed E-state index contributed by atoms with van der Waals surface area (Å²) in [7, 11) is 0. The Morgan fingerprint density at radius 3 is 2.47 bits per heavy atom. The van der Waals surface area contributed by atoms with E-state index in [0.29, 0.717) is 36.5 Å². The molecule has 1 aromatic heterocycles. The van der Waals surface area contributed by atoms with Crippen LogP contribution < -0.4 is 20.7 Å². The zero-order valence-electron chi connectivity index (χ0n) is 20.4. The highest BCUT2D eigenvalue weighted by Crippen LogP contribution is 2.29. The van der Waals surface area contributed by atoms with Crippen molar-refractivity contribution in [1.29, 1.82) is 0 Å². The van der Waals surface area contributed by atoms with Crippen LogP contribution in [0.5, 0.6) is 5.75 Å². The Morgan fingerprint density at radius 2 is 1.74 bits per heavy atom. The molecule has 2 fully saturated rings. The molecule has 0 radical (unpaired) electrons. The lowest BCUT2D eigenvalue weighted by atomic mass is 10.1. The van der Waals surface area contributed by atoms with E-state index >= 15 is 0 Å². The van der Waals surface area contributed by atoms with Crippen LogP contribution in [0.4, 0.5) is 23.5 Å². The number of aromatic nitrogens is 3. The molecule has 1 saturated carbocycles. The van der Waals surface area contributed by atoms with Gasteiger partial charge in [-0.1, -0.05) is 32.6 Å². The van der Waals surface area contributed by atoms with E-state index in [4.69, 9.17) is 19.7 Å². The zero-order valence-corrected chi connectivity index (χ0v) is 22.0. The Hall–Kier alpha value is -2.13. The highest BCUT2D eigenvalue weighted by Gasteiger charge is 2.23. The number of benzene rings is 1. The van der Waals surface area contributed by atoms with Gasteiger partial charge in [-0.25, -0.2) is 0 Å². The molecular weight excluding hydrogens is 494 g/mol. The summed E-state index contributed by atoms with van der Waals surface area (Å²) in [4.78, 5) is 16.7. The molecule has 1 unspecified atom stereocenters. The molecule has 1 saturated heterocycles. The minimum atomic E-state index is 0.413. The molecule has 3 N–H and O–H groups in total. The molecule has 2 aromatic rings. The van der Waals surface area contributed by atoms with Crippen molar-refractivity contribution in [1.82, 2.24) is 19.9 Å². The van der Waals surface area contributed by atoms with Gasteiger partial charge in [0.05, 0.1) is 11.1 Å². The first-order valence-electron chi connectivity index (χ1n) is 12.8. The third-order valence-corrected chi connectivity index (χ3v) is 7.33. The van der Waals surface area contributed by atoms with Crippen molar-refractivity contribution in [2.45, 2.75) is 77.3 Å². The largest absolute Gasteiger partial charge is 0.493 e. The first-order chi connectivity index (χ1) is 16.6. The second-order valence-electron chi connectivity index (χ2n) is 9.15. The maximum atomic E-state index is 5.63. The van der Waals surface area contributed by atoms with Crippen LogP contribution in [0, 0.1) is 0 Å². The Bertz CT molecular complexity index is 920. The lowest BCUT2D eigenvalue weighted by Crippen LogP contribution is -2.35. The van der Waals surface area contributed by atoms with Gasteiger partial charge in [0.25, 0.3) is 0 Å². The van der Waals surface area contributed by atoms with Crippen LogP contribution in [0.15, 0.2) is 22.7 Å². The van der Waals surface area contributed by atoms with Gasteiger partial charge in [-0.05, 0) is 79.8 Å². The highest BCUT2D eigenvalue weighted by molar-refractivity contribution is 9.10. The van der Waals surface area contributed by atoms with Gasteiger partial charge in [-0.2, -0.15) is 15.0 Å². The molecule has 8 nitrogen and oxygen atoms in total. The highest BCUT2D eigenvalue weighted by atomic mass is 79.9. The topological polar surface area (TPSA) is 87.2 Å². The van der Waals surface area contributed by atoms with Crippen LogP contribution in [-0.4, -0.2) is 58.2 Å². The maximum absolute atomic E-state index is 5.63. The first-order valence-corrected chi connectivity index (χ1v) is 13.6. The summed E-state index contributed by atoms with van der Waals surface area (Å²) >= 11 is 3.59. The van der Waals surface area contributed by atoms with Gasteiger partial charge in [0, 0.05) is 24.3 Å². The molecule has 0 spiro atoms. The number of nitrogens with zero attached hydrogens (tertiary/aromatic N) is 4. The zero-order chi connectivity index (χ0) is 23.8. The van der Waals surface area contributed by atoms with Crippen molar-refractivity contribution in [3.63, 3.8) is 0 Å². The van der Waals surface area contributed by atoms with Crippen molar-refractivity contribution in [2.24, 2.45) is 0 Å². The third kappa shape index (κ3) is 6.95. The Labute approximate surface area is 211 Å². The molecule has 1 atom stereocenters. The Kier molecular flexibility index (Phi) is 9.21. The normalized spacial score (nSPS) is 19.6. The number of hydrogen-bond donors (Lipinski definition) is 3. The molecule has 2 aliphatic rings. The summed E-state index contributed by atoms with van der Waals surface area (Å²) in [6.45, 7) is 7.93. The quantitative estimate of drug-likeness (QED) is 0.331. The molecule has 1 aliphatic heterocycles. The number of likely N-dealkylation sites (tertiary alicyclic amines) is 1. The second-order valence-corrected chi connectivity index (χ2v) is 10.0. The summed E-state index contributed by atoms with van der Waals surface area (Å²) in [6, 6.07) is 6.84. The van der Waals surface area contributed by atoms with Gasteiger partial charge in [-0.15, -0.1) is 0 Å². The SMILES string of the molecule is CCOc1ccc(Nc2nc(NCC3CCCN3CC)nc(NC3CCCCCC3)n2)cc1Br. The van der Waals surface area contributed by atoms with Crippen molar-refractivity contribution >= 4 is 39.5 Å². The standard InChI is InChI=1S/C25H38BrN7O/c1-3-33-15-9-12-20(33)17-27-23-30-24(28-18-10-7-5-6-8-11-18)32-25(31-23)29-19-13-14-22(34-4-2)21(26)16-19/h13-14,16,18,20H,3-12,15,17H2,1-2H3,(H3,27,28,29,30,31,32). The van der Waals surface area contributed by atoms with Crippen LogP contribution in [0.25, 0.3) is 0 Å². The fourth-order valence-electron chi connectivity index (χ4n) is 4.91. The molecule has 0 amide bonds. The summed E-state index contributed by atoms with van der Waals surface area (Å²) < 4.78 is 6.53. The molecule has 9 heteroatoms. The van der Waals surface area contributed by atoms with Gasteiger partial charge in [0.15, 0.2) is 0 Å². The fourth-order valence-corrected chi connectivity index (χ4v) is 5.41. The van der Waals surface area contributed by atoms with Crippen LogP contribution in [0.1, 0.15) is 65.2 Å². The third-order valence-electron chi connectivity index (χ3n) is 6.71. The van der Waals surface area contributed by atoms with Crippen LogP contribution >= 0.6 is 15.9 Å². The summed E-state index contributed by atoms with van der Waals surface area (Å²) in [5.74, 6) is 2.60. The van der Waals surface area contributed by atoms with Crippen molar-refractivity contribution in [3.05, 3.63) is 22.7 Å². The van der Waals surface area contributed by atoms with E-state index in [9.17, 15) is 0 Å². The molecule has 34 heavy (non-hydrogen) atoms. The van der Waals surface area contributed by atoms with Gasteiger partial charge in [0.1, 0.15) is 5.75 Å². The number of hydrogen-bond acceptors (Lipinski definition) is 8. The lowest BCUT2D eigenvalue weighted by molar-refractivity contribution is 0.277. The number of anilines is 4. The van der Waals surface area contributed by atoms with E-state index in [1.54, 1.807) is 0 Å². The summed E-state index contributed by atoms with van der Waals surface area (Å²) in [5.41, 5.74) is 0.890. The monoisotopic (exact) mass is 531 g/mol. The molecular formula is C25H38BrN7O. The van der Waals surface area contributed by atoms with Crippen LogP contribution in [0.2, 0.25) is 0 Å². The van der Waals surface area contributed by atoms with Crippen molar-refractivity contribution in [2.75, 3.05) is 42.2 Å². The number of nitrogens with one attached hydrogen (secondary N) is 3. The van der Waals surface area contributed by atoms with Crippen LogP contribution in [0.3, 0.4) is 0 Å². The minimum absolute atomic E-state index is 0.413. The van der Waals surface area contributed by atoms with Gasteiger partial charge < -0.3 is 20.7 Å². The molecule has 2 heterocycles. The lowest BCUT2D eigenvalue weighted by Gasteiger charge is -2.23. The molecule has 1 aliphatic carbocycles. The van der Waals surface area contributed by atoms with E-state index in [2.05, 4.69) is 43.7 Å². The fraction of sp³-hybridized carbons (Fsp3) is 0.640. The van der Waals surface area contributed by atoms with E-state index in [0.717, 1.165) is 41.8 Å². The second kappa shape index (κ2) is 12.5. The Balaban J connectivity index is 1.51. The minimum Gasteiger partial charge on any atom is -0.493 e. The Morgan fingerprint density at radius 1 is 0.971 bits per heavy atom. The van der Waals surface area contributed by atoms with Gasteiger partial charge >= 0.3 is 0 Å². The number of likely N-dealkylation sites (N-methyl/N-ethyl adjacent to an activating group) is 1. The number of halogens is 1. The summed E-state index contributed by atoms with van der Waals surface area (Å²) in [6.07, 6.45) is 9.94. The molecule has 4 rings (SSSR count). The van der Waals surface area contributed by atoms with E-state index < -0.39 is 0 Å². The van der Waals surface area contributed by atoms with Crippen molar-refractivity contribution in [3.8, 4) is 5.75 Å². The average Bonchev–Trinajstić information content (AvgIpc) is 3.14. The summed E-state index contributed by atoms with van der Waals surface area (Å²) in [5, 5.41) is 10.4. The number of ether oxygens (including phenoxy) is 1. The van der Waals surface area contributed by atoms with E-state index in [1.807, 2.05) is 25.1 Å². The molecule has 186 valence electrons. The van der Waals surface area contributed by atoms with Crippen LogP contribution in [-0.2, 0) is 0 Å². The van der Waals surface area contributed by atoms with E-state index in [1.165, 1.54) is 45.1 Å². The predicted octanol–water partition coefficient (Wildman–Crippen LogP) is 5.81. The van der Waals surface area contributed by atoms with Gasteiger partial charge in [-0.3, -0.25) is 4.90 Å².